The lowest BCUT2D eigenvalue weighted by Crippen LogP contribution is -2.44. The Bertz CT molecular complexity index is 878. The number of anilines is 1. The molecule has 4 rings (SSSR count). The third kappa shape index (κ3) is 2.59. The normalized spacial score (nSPS) is 18.3. The lowest BCUT2D eigenvalue weighted by atomic mass is 10.2. The number of imidazole rings is 1. The van der Waals surface area contributed by atoms with E-state index >= 15 is 0 Å². The van der Waals surface area contributed by atoms with Gasteiger partial charge in [0.1, 0.15) is 6.33 Å². The molecule has 7 nitrogen and oxygen atoms in total. The largest absolute Gasteiger partial charge is 0.377 e. The number of rotatable bonds is 2. The summed E-state index contributed by atoms with van der Waals surface area (Å²) in [5, 5.41) is 0.206. The van der Waals surface area contributed by atoms with Crippen molar-refractivity contribution in [3.63, 3.8) is 0 Å². The van der Waals surface area contributed by atoms with Gasteiger partial charge in [0.25, 0.3) is 0 Å². The van der Waals surface area contributed by atoms with Crippen LogP contribution in [0.3, 0.4) is 0 Å². The molecule has 0 radical (unpaired) electrons. The Balaban J connectivity index is 1.86. The fraction of sp³-hybridized carbons (Fsp3) is 0.375. The van der Waals surface area contributed by atoms with E-state index in [2.05, 4.69) is 31.8 Å². The van der Waals surface area contributed by atoms with E-state index in [1.54, 1.807) is 12.5 Å². The lowest BCUT2D eigenvalue weighted by Gasteiger charge is -2.34. The zero-order valence-corrected chi connectivity index (χ0v) is 14.2. The topological polar surface area (TPSA) is 69.0 Å². The van der Waals surface area contributed by atoms with E-state index in [-0.39, 0.29) is 11.3 Å². The van der Waals surface area contributed by atoms with E-state index in [4.69, 9.17) is 16.3 Å². The predicted octanol–water partition coefficient (Wildman–Crippen LogP) is 2.40. The maximum Gasteiger partial charge on any atom is 0.226 e. The van der Waals surface area contributed by atoms with Crippen LogP contribution in [-0.4, -0.2) is 50.3 Å². The van der Waals surface area contributed by atoms with Crippen molar-refractivity contribution in [3.8, 4) is 5.69 Å². The lowest BCUT2D eigenvalue weighted by molar-refractivity contribution is 0.0986. The molecule has 3 aromatic heterocycles. The second kappa shape index (κ2) is 5.99. The van der Waals surface area contributed by atoms with E-state index < -0.39 is 0 Å². The van der Waals surface area contributed by atoms with E-state index in [9.17, 15) is 0 Å². The monoisotopic (exact) mass is 344 g/mol. The number of morpholine rings is 1. The fourth-order valence-electron chi connectivity index (χ4n) is 2.89. The smallest absolute Gasteiger partial charge is 0.226 e. The van der Waals surface area contributed by atoms with Crippen LogP contribution >= 0.6 is 11.6 Å². The maximum atomic E-state index is 6.20. The summed E-state index contributed by atoms with van der Waals surface area (Å²) >= 11 is 6.20. The summed E-state index contributed by atoms with van der Waals surface area (Å²) in [6.45, 7) is 6.12. The number of hydrogen-bond acceptors (Lipinski definition) is 6. The predicted molar refractivity (Wildman–Crippen MR) is 91.8 cm³/mol. The van der Waals surface area contributed by atoms with Gasteiger partial charge in [-0.15, -0.1) is 0 Å². The minimum absolute atomic E-state index is 0.206. The molecule has 24 heavy (non-hydrogen) atoms. The summed E-state index contributed by atoms with van der Waals surface area (Å²) < 4.78 is 7.39. The van der Waals surface area contributed by atoms with Crippen molar-refractivity contribution >= 4 is 28.6 Å². The average Bonchev–Trinajstić information content (AvgIpc) is 2.99. The molecule has 124 valence electrons. The van der Waals surface area contributed by atoms with Crippen molar-refractivity contribution in [2.45, 2.75) is 19.9 Å². The van der Waals surface area contributed by atoms with Crippen LogP contribution in [0.1, 0.15) is 12.6 Å². The summed E-state index contributed by atoms with van der Waals surface area (Å²) in [6, 6.07) is 4.14. The van der Waals surface area contributed by atoms with Crippen molar-refractivity contribution in [2.75, 3.05) is 24.7 Å². The highest BCUT2D eigenvalue weighted by molar-refractivity contribution is 6.28. The molecule has 1 fully saturated rings. The van der Waals surface area contributed by atoms with Crippen molar-refractivity contribution < 1.29 is 4.74 Å². The molecule has 1 aliphatic rings. The SMILES string of the molecule is Cc1ccc(-n2cnc3c(N4CCOC[C@H]4C)nc(Cl)nc32)cn1. The van der Waals surface area contributed by atoms with Gasteiger partial charge in [-0.2, -0.15) is 9.97 Å². The van der Waals surface area contributed by atoms with E-state index in [1.165, 1.54) is 0 Å². The molecular weight excluding hydrogens is 328 g/mol. The Kier molecular flexibility index (Phi) is 3.82. The van der Waals surface area contributed by atoms with Crippen molar-refractivity contribution in [3.05, 3.63) is 35.6 Å². The molecule has 0 saturated carbocycles. The van der Waals surface area contributed by atoms with Gasteiger partial charge in [-0.25, -0.2) is 4.98 Å². The molecule has 0 unspecified atom stereocenters. The number of aryl methyl sites for hydroxylation is 1. The second-order valence-electron chi connectivity index (χ2n) is 5.88. The molecule has 1 aliphatic heterocycles. The zero-order chi connectivity index (χ0) is 16.7. The quantitative estimate of drug-likeness (QED) is 0.665. The Labute approximate surface area is 144 Å². The van der Waals surface area contributed by atoms with Crippen LogP contribution in [0, 0.1) is 6.92 Å². The second-order valence-corrected chi connectivity index (χ2v) is 6.22. The standard InChI is InChI=1S/C16H17ClN6O/c1-10-3-4-12(7-18-10)23-9-19-13-14(20-16(17)21-15(13)23)22-5-6-24-8-11(22)2/h3-4,7,9,11H,5-6,8H2,1-2H3/t11-/m1/s1. The Hall–Kier alpha value is -2.25. The zero-order valence-electron chi connectivity index (χ0n) is 13.5. The van der Waals surface area contributed by atoms with Crippen LogP contribution in [0.4, 0.5) is 5.82 Å². The third-order valence-electron chi connectivity index (χ3n) is 4.16. The summed E-state index contributed by atoms with van der Waals surface area (Å²) in [6.07, 6.45) is 3.53. The first-order valence-corrected chi connectivity index (χ1v) is 8.19. The highest BCUT2D eigenvalue weighted by Gasteiger charge is 2.25. The van der Waals surface area contributed by atoms with Gasteiger partial charge in [0.05, 0.1) is 31.1 Å². The molecule has 8 heteroatoms. The first kappa shape index (κ1) is 15.3. The highest BCUT2D eigenvalue weighted by Crippen LogP contribution is 2.28. The Morgan fingerprint density at radius 1 is 1.25 bits per heavy atom. The molecule has 0 N–H and O–H groups in total. The summed E-state index contributed by atoms with van der Waals surface area (Å²) in [7, 11) is 0. The minimum Gasteiger partial charge on any atom is -0.377 e. The number of pyridine rings is 1. The maximum absolute atomic E-state index is 6.20. The Morgan fingerprint density at radius 3 is 2.88 bits per heavy atom. The highest BCUT2D eigenvalue weighted by atomic mass is 35.5. The first-order valence-electron chi connectivity index (χ1n) is 7.81. The molecule has 0 aliphatic carbocycles. The molecule has 0 amide bonds. The van der Waals surface area contributed by atoms with Gasteiger partial charge in [0.15, 0.2) is 17.0 Å². The first-order chi connectivity index (χ1) is 11.6. The van der Waals surface area contributed by atoms with Crippen LogP contribution in [-0.2, 0) is 4.74 Å². The van der Waals surface area contributed by atoms with Crippen molar-refractivity contribution in [1.29, 1.82) is 0 Å². The summed E-state index contributed by atoms with van der Waals surface area (Å²) in [4.78, 5) is 19.9. The van der Waals surface area contributed by atoms with Crippen molar-refractivity contribution in [2.24, 2.45) is 0 Å². The molecule has 0 spiro atoms. The van der Waals surface area contributed by atoms with Crippen LogP contribution in [0.25, 0.3) is 16.9 Å². The number of aromatic nitrogens is 5. The summed E-state index contributed by atoms with van der Waals surface area (Å²) in [5.41, 5.74) is 3.25. The third-order valence-corrected chi connectivity index (χ3v) is 4.33. The Morgan fingerprint density at radius 2 is 2.12 bits per heavy atom. The van der Waals surface area contributed by atoms with Crippen molar-refractivity contribution in [1.82, 2.24) is 24.5 Å². The minimum atomic E-state index is 0.206. The van der Waals surface area contributed by atoms with Gasteiger partial charge in [0, 0.05) is 12.2 Å². The number of halogens is 1. The summed E-state index contributed by atoms with van der Waals surface area (Å²) in [5.74, 6) is 0.750. The molecule has 4 heterocycles. The molecule has 1 atom stereocenters. The van der Waals surface area contributed by atoms with E-state index in [1.807, 2.05) is 23.6 Å². The molecular formula is C16H17ClN6O. The number of fused-ring (bicyclic) bond motifs is 1. The van der Waals surface area contributed by atoms with Gasteiger partial charge < -0.3 is 9.64 Å². The van der Waals surface area contributed by atoms with Crippen LogP contribution in [0.5, 0.6) is 0 Å². The van der Waals surface area contributed by atoms with E-state index in [0.29, 0.717) is 18.9 Å². The number of hydrogen-bond donors (Lipinski definition) is 0. The molecule has 1 saturated heterocycles. The number of ether oxygens (including phenoxy) is 1. The molecule has 0 aromatic carbocycles. The number of nitrogens with zero attached hydrogens (tertiary/aromatic N) is 6. The van der Waals surface area contributed by atoms with Crippen LogP contribution < -0.4 is 4.90 Å². The molecule has 0 bridgehead atoms. The van der Waals surface area contributed by atoms with Gasteiger partial charge >= 0.3 is 0 Å². The van der Waals surface area contributed by atoms with E-state index in [0.717, 1.165) is 29.3 Å². The molecule has 3 aromatic rings. The van der Waals surface area contributed by atoms with Gasteiger partial charge in [-0.05, 0) is 37.6 Å². The van der Waals surface area contributed by atoms with Gasteiger partial charge in [-0.3, -0.25) is 9.55 Å². The average molecular weight is 345 g/mol. The van der Waals surface area contributed by atoms with Crippen LogP contribution in [0.2, 0.25) is 5.28 Å². The fourth-order valence-corrected chi connectivity index (χ4v) is 3.05. The van der Waals surface area contributed by atoms with Gasteiger partial charge in [-0.1, -0.05) is 0 Å². The van der Waals surface area contributed by atoms with Crippen LogP contribution in [0.15, 0.2) is 24.7 Å². The van der Waals surface area contributed by atoms with Gasteiger partial charge in [0.2, 0.25) is 5.28 Å².